The van der Waals surface area contributed by atoms with Gasteiger partial charge in [0.05, 0.1) is 11.4 Å². The van der Waals surface area contributed by atoms with Crippen molar-refractivity contribution in [1.29, 1.82) is 0 Å². The Kier molecular flexibility index (Phi) is 5.61. The van der Waals surface area contributed by atoms with Crippen LogP contribution < -0.4 is 10.2 Å². The Balaban J connectivity index is 1.28. The van der Waals surface area contributed by atoms with E-state index in [4.69, 9.17) is 9.97 Å². The van der Waals surface area contributed by atoms with Crippen molar-refractivity contribution in [3.05, 3.63) is 41.3 Å². The number of nitrogens with zero attached hydrogens (tertiary/aromatic N) is 5. The number of rotatable bonds is 5. The summed E-state index contributed by atoms with van der Waals surface area (Å²) in [5.41, 5.74) is 3.84. The summed E-state index contributed by atoms with van der Waals surface area (Å²) in [6.07, 6.45) is 11.7. The average molecular weight is 393 g/mol. The minimum Gasteiger partial charge on any atom is -0.356 e. The van der Waals surface area contributed by atoms with Gasteiger partial charge in [-0.25, -0.2) is 4.98 Å². The Morgan fingerprint density at radius 2 is 1.86 bits per heavy atom. The van der Waals surface area contributed by atoms with Crippen LogP contribution in [0.3, 0.4) is 0 Å². The van der Waals surface area contributed by atoms with Gasteiger partial charge < -0.3 is 10.2 Å². The molecule has 0 bridgehead atoms. The van der Waals surface area contributed by atoms with Crippen LogP contribution in [0.25, 0.3) is 0 Å². The lowest BCUT2D eigenvalue weighted by Gasteiger charge is -2.25. The first-order chi connectivity index (χ1) is 14.3. The van der Waals surface area contributed by atoms with E-state index in [9.17, 15) is 0 Å². The zero-order valence-corrected chi connectivity index (χ0v) is 17.3. The zero-order chi connectivity index (χ0) is 19.5. The summed E-state index contributed by atoms with van der Waals surface area (Å²) in [5.74, 6) is 2.06. The molecule has 2 aromatic rings. The van der Waals surface area contributed by atoms with E-state index in [2.05, 4.69) is 32.2 Å². The van der Waals surface area contributed by atoms with Crippen molar-refractivity contribution in [2.24, 2.45) is 0 Å². The number of likely N-dealkylation sites (tertiary alicyclic amines) is 1. The lowest BCUT2D eigenvalue weighted by molar-refractivity contribution is 0.324. The predicted molar refractivity (Wildman–Crippen MR) is 116 cm³/mol. The predicted octanol–water partition coefficient (Wildman–Crippen LogP) is 3.43. The molecule has 6 heteroatoms. The van der Waals surface area contributed by atoms with Crippen LogP contribution in [0, 0.1) is 0 Å². The molecule has 4 heterocycles. The first kappa shape index (κ1) is 18.8. The van der Waals surface area contributed by atoms with Gasteiger partial charge in [0.25, 0.3) is 0 Å². The second kappa shape index (κ2) is 8.66. The van der Waals surface area contributed by atoms with Crippen molar-refractivity contribution in [2.45, 2.75) is 64.0 Å². The molecule has 1 atom stereocenters. The van der Waals surface area contributed by atoms with Crippen molar-refractivity contribution >= 4 is 11.8 Å². The van der Waals surface area contributed by atoms with E-state index in [1.165, 1.54) is 49.2 Å². The highest BCUT2D eigenvalue weighted by atomic mass is 15.3. The molecule has 0 spiro atoms. The molecule has 0 saturated carbocycles. The minimum absolute atomic E-state index is 0.412. The molecule has 2 saturated heterocycles. The quantitative estimate of drug-likeness (QED) is 0.841. The third kappa shape index (κ3) is 4.37. The Morgan fingerprint density at radius 1 is 0.966 bits per heavy atom. The molecule has 2 aromatic heterocycles. The lowest BCUT2D eigenvalue weighted by atomic mass is 10.2. The number of nitrogens with one attached hydrogen (secondary N) is 1. The van der Waals surface area contributed by atoms with Crippen LogP contribution in [0.1, 0.15) is 55.5 Å². The van der Waals surface area contributed by atoms with Crippen LogP contribution in [0.2, 0.25) is 0 Å². The van der Waals surface area contributed by atoms with Crippen LogP contribution in [-0.4, -0.2) is 52.1 Å². The third-order valence-corrected chi connectivity index (χ3v) is 6.53. The molecule has 2 fully saturated rings. The maximum Gasteiger partial charge on any atom is 0.225 e. The van der Waals surface area contributed by atoms with Crippen molar-refractivity contribution in [2.75, 3.05) is 36.4 Å². The molecule has 0 aromatic carbocycles. The molecule has 29 heavy (non-hydrogen) atoms. The van der Waals surface area contributed by atoms with Crippen LogP contribution >= 0.6 is 0 Å². The first-order valence-electron chi connectivity index (χ1n) is 11.4. The Hall–Kier alpha value is -2.21. The summed E-state index contributed by atoms with van der Waals surface area (Å²) in [5, 5.41) is 3.67. The van der Waals surface area contributed by atoms with E-state index in [0.29, 0.717) is 6.04 Å². The Labute approximate surface area is 173 Å². The molecule has 3 aliphatic rings. The summed E-state index contributed by atoms with van der Waals surface area (Å²) in [6, 6.07) is 6.56. The molecule has 0 unspecified atom stereocenters. The van der Waals surface area contributed by atoms with E-state index in [0.717, 1.165) is 63.6 Å². The normalized spacial score (nSPS) is 22.5. The molecule has 154 valence electrons. The number of aromatic nitrogens is 3. The molecule has 0 amide bonds. The topological polar surface area (TPSA) is 57.2 Å². The second-order valence-electron chi connectivity index (χ2n) is 8.74. The summed E-state index contributed by atoms with van der Waals surface area (Å²) in [4.78, 5) is 19.5. The largest absolute Gasteiger partial charge is 0.356 e. The third-order valence-electron chi connectivity index (χ3n) is 6.53. The van der Waals surface area contributed by atoms with Crippen molar-refractivity contribution in [1.82, 2.24) is 19.9 Å². The number of hydrogen-bond acceptors (Lipinski definition) is 6. The van der Waals surface area contributed by atoms with Gasteiger partial charge in [0.2, 0.25) is 5.95 Å². The van der Waals surface area contributed by atoms with Gasteiger partial charge >= 0.3 is 0 Å². The summed E-state index contributed by atoms with van der Waals surface area (Å²) < 4.78 is 0. The minimum atomic E-state index is 0.412. The van der Waals surface area contributed by atoms with Gasteiger partial charge in [-0.1, -0.05) is 18.9 Å². The van der Waals surface area contributed by atoms with Gasteiger partial charge in [0, 0.05) is 50.5 Å². The smallest absolute Gasteiger partial charge is 0.225 e. The molecule has 2 aliphatic heterocycles. The van der Waals surface area contributed by atoms with Gasteiger partial charge in [0.15, 0.2) is 0 Å². The summed E-state index contributed by atoms with van der Waals surface area (Å²) >= 11 is 0. The van der Waals surface area contributed by atoms with Crippen LogP contribution in [0.4, 0.5) is 11.8 Å². The van der Waals surface area contributed by atoms with Crippen LogP contribution in [-0.2, 0) is 19.4 Å². The van der Waals surface area contributed by atoms with Gasteiger partial charge in [-0.3, -0.25) is 9.88 Å². The number of pyridine rings is 1. The van der Waals surface area contributed by atoms with Crippen molar-refractivity contribution in [3.63, 3.8) is 0 Å². The number of aryl methyl sites for hydroxylation is 1. The van der Waals surface area contributed by atoms with Crippen LogP contribution in [0.5, 0.6) is 0 Å². The highest BCUT2D eigenvalue weighted by Gasteiger charge is 2.27. The molecule has 1 N–H and O–H groups in total. The summed E-state index contributed by atoms with van der Waals surface area (Å²) in [6.45, 7) is 5.33. The van der Waals surface area contributed by atoms with Gasteiger partial charge in [0.1, 0.15) is 5.82 Å². The number of anilines is 2. The first-order valence-corrected chi connectivity index (χ1v) is 11.4. The monoisotopic (exact) mass is 392 g/mol. The fourth-order valence-corrected chi connectivity index (χ4v) is 5.02. The van der Waals surface area contributed by atoms with E-state index in [1.807, 2.05) is 12.3 Å². The van der Waals surface area contributed by atoms with E-state index in [-0.39, 0.29) is 0 Å². The zero-order valence-electron chi connectivity index (χ0n) is 17.3. The highest BCUT2D eigenvalue weighted by Crippen LogP contribution is 2.31. The SMILES string of the molecule is c1ccc(CN2CC[C@@H](Nc3nc4c(c(N5CCCCCC5)n3)CCC4)C2)nc1. The maximum absolute atomic E-state index is 5.06. The van der Waals surface area contributed by atoms with Crippen LogP contribution in [0.15, 0.2) is 24.4 Å². The van der Waals surface area contributed by atoms with Gasteiger partial charge in [-0.15, -0.1) is 0 Å². The van der Waals surface area contributed by atoms with E-state index in [1.54, 1.807) is 0 Å². The molecule has 1 aliphatic carbocycles. The Bertz CT molecular complexity index is 816. The highest BCUT2D eigenvalue weighted by molar-refractivity contribution is 5.54. The molecular formula is C23H32N6. The molecular weight excluding hydrogens is 360 g/mol. The molecule has 5 rings (SSSR count). The van der Waals surface area contributed by atoms with E-state index >= 15 is 0 Å². The summed E-state index contributed by atoms with van der Waals surface area (Å²) in [7, 11) is 0. The van der Waals surface area contributed by atoms with Gasteiger partial charge in [-0.2, -0.15) is 4.98 Å². The van der Waals surface area contributed by atoms with E-state index < -0.39 is 0 Å². The van der Waals surface area contributed by atoms with Gasteiger partial charge in [-0.05, 0) is 50.7 Å². The number of hydrogen-bond donors (Lipinski definition) is 1. The standard InChI is InChI=1S/C23H32N6/c1-2-6-14-29(13-5-1)22-20-9-7-10-21(20)26-23(27-22)25-19-11-15-28(17-19)16-18-8-3-4-12-24-18/h3-4,8,12,19H,1-2,5-7,9-11,13-17H2,(H,25,26,27)/t19-/m1/s1. The number of fused-ring (bicyclic) bond motifs is 1. The fourth-order valence-electron chi connectivity index (χ4n) is 5.02. The van der Waals surface area contributed by atoms with Crippen molar-refractivity contribution in [3.8, 4) is 0 Å². The fraction of sp³-hybridized carbons (Fsp3) is 0.609. The second-order valence-corrected chi connectivity index (χ2v) is 8.74. The maximum atomic E-state index is 5.06. The molecule has 6 nitrogen and oxygen atoms in total. The van der Waals surface area contributed by atoms with Crippen molar-refractivity contribution < 1.29 is 0 Å². The Morgan fingerprint density at radius 3 is 2.69 bits per heavy atom. The molecule has 0 radical (unpaired) electrons. The lowest BCUT2D eigenvalue weighted by Crippen LogP contribution is -2.29. The average Bonchev–Trinajstić information content (AvgIpc) is 3.30.